The monoisotopic (exact) mass is 186 g/mol. The molecule has 0 rings (SSSR count). The van der Waals surface area contributed by atoms with Crippen molar-refractivity contribution in [3.8, 4) is 12.0 Å². The van der Waals surface area contributed by atoms with Gasteiger partial charge in [0.1, 0.15) is 0 Å². The minimum absolute atomic E-state index is 0.282. The predicted octanol–water partition coefficient (Wildman–Crippen LogP) is 1.62. The fraction of sp³-hybridized carbons (Fsp3) is 0.778. The maximum Gasteiger partial charge on any atom is 0.407 e. The van der Waals surface area contributed by atoms with Crippen molar-refractivity contribution in [3.05, 3.63) is 0 Å². The van der Waals surface area contributed by atoms with E-state index in [2.05, 4.69) is 19.4 Å². The normalized spacial score (nSPS) is 12.9. The molecule has 0 amide bonds. The first-order valence-corrected chi connectivity index (χ1v) is 6.03. The SMILES string of the molecule is C#C[SiH](OCC)OC(CC)CC. The summed E-state index contributed by atoms with van der Waals surface area (Å²) in [6.07, 6.45) is 7.58. The van der Waals surface area contributed by atoms with Crippen LogP contribution in [0.5, 0.6) is 0 Å². The lowest BCUT2D eigenvalue weighted by atomic mass is 10.2. The molecule has 0 spiro atoms. The highest BCUT2D eigenvalue weighted by Crippen LogP contribution is 2.04. The van der Waals surface area contributed by atoms with Crippen LogP contribution in [0.3, 0.4) is 0 Å². The summed E-state index contributed by atoms with van der Waals surface area (Å²) >= 11 is 0. The summed E-state index contributed by atoms with van der Waals surface area (Å²) in [5.74, 6) is 0. The van der Waals surface area contributed by atoms with E-state index in [0.29, 0.717) is 6.61 Å². The van der Waals surface area contributed by atoms with Gasteiger partial charge in [0, 0.05) is 12.7 Å². The molecule has 70 valence electrons. The Morgan fingerprint density at radius 2 is 1.92 bits per heavy atom. The average molecular weight is 186 g/mol. The highest BCUT2D eigenvalue weighted by molar-refractivity contribution is 6.54. The van der Waals surface area contributed by atoms with E-state index in [4.69, 9.17) is 15.3 Å². The van der Waals surface area contributed by atoms with Crippen LogP contribution in [0.25, 0.3) is 0 Å². The van der Waals surface area contributed by atoms with Gasteiger partial charge in [-0.2, -0.15) is 0 Å². The van der Waals surface area contributed by atoms with Crippen molar-refractivity contribution in [1.29, 1.82) is 0 Å². The molecule has 0 aliphatic rings. The van der Waals surface area contributed by atoms with Crippen molar-refractivity contribution in [2.45, 2.75) is 39.7 Å². The van der Waals surface area contributed by atoms with E-state index in [9.17, 15) is 0 Å². The van der Waals surface area contributed by atoms with Gasteiger partial charge < -0.3 is 8.85 Å². The summed E-state index contributed by atoms with van der Waals surface area (Å²) in [7, 11) is -1.78. The van der Waals surface area contributed by atoms with Gasteiger partial charge in [0.15, 0.2) is 0 Å². The second-order valence-electron chi connectivity index (χ2n) is 2.53. The van der Waals surface area contributed by atoms with Crippen molar-refractivity contribution >= 4 is 9.28 Å². The quantitative estimate of drug-likeness (QED) is 0.463. The Balaban J connectivity index is 3.76. The fourth-order valence-electron chi connectivity index (χ4n) is 0.934. The molecule has 0 aromatic rings. The van der Waals surface area contributed by atoms with Gasteiger partial charge in [-0.1, -0.05) is 19.4 Å². The highest BCUT2D eigenvalue weighted by atomic mass is 28.3. The molecule has 3 heteroatoms. The van der Waals surface area contributed by atoms with Gasteiger partial charge in [0.2, 0.25) is 0 Å². The Hall–Kier alpha value is -0.303. The molecule has 0 aromatic carbocycles. The van der Waals surface area contributed by atoms with Gasteiger partial charge in [-0.25, -0.2) is 0 Å². The maximum absolute atomic E-state index is 5.62. The lowest BCUT2D eigenvalue weighted by molar-refractivity contribution is 0.141. The first-order valence-electron chi connectivity index (χ1n) is 4.51. The minimum atomic E-state index is -1.78. The van der Waals surface area contributed by atoms with Crippen LogP contribution in [0.4, 0.5) is 0 Å². The molecule has 0 heterocycles. The van der Waals surface area contributed by atoms with Crippen LogP contribution in [0.2, 0.25) is 0 Å². The fourth-order valence-corrected chi connectivity index (χ4v) is 2.22. The Kier molecular flexibility index (Phi) is 7.17. The maximum atomic E-state index is 5.62. The second-order valence-corrected chi connectivity index (χ2v) is 4.13. The van der Waals surface area contributed by atoms with Gasteiger partial charge in [-0.15, -0.1) is 6.42 Å². The standard InChI is InChI=1S/C9H18O2Si/c1-5-9(6-2)11-12(8-4)10-7-3/h4,9,12H,5-7H2,1-3H3. The molecule has 0 fully saturated rings. The Morgan fingerprint density at radius 3 is 2.25 bits per heavy atom. The van der Waals surface area contributed by atoms with Crippen molar-refractivity contribution in [1.82, 2.24) is 0 Å². The minimum Gasteiger partial charge on any atom is -0.388 e. The summed E-state index contributed by atoms with van der Waals surface area (Å²) in [5, 5.41) is 0. The Morgan fingerprint density at radius 1 is 1.33 bits per heavy atom. The van der Waals surface area contributed by atoms with Crippen LogP contribution in [-0.2, 0) is 8.85 Å². The van der Waals surface area contributed by atoms with Gasteiger partial charge in [0.05, 0.1) is 0 Å². The molecule has 1 atom stereocenters. The number of terminal acetylenes is 1. The number of hydrogen-bond donors (Lipinski definition) is 0. The molecule has 0 aliphatic carbocycles. The molecular formula is C9H18O2Si. The summed E-state index contributed by atoms with van der Waals surface area (Å²) in [4.78, 5) is 0. The molecule has 0 aromatic heterocycles. The van der Waals surface area contributed by atoms with E-state index in [1.165, 1.54) is 0 Å². The average Bonchev–Trinajstić information content (AvgIpc) is 2.12. The van der Waals surface area contributed by atoms with Crippen molar-refractivity contribution in [3.63, 3.8) is 0 Å². The zero-order valence-corrected chi connectivity index (χ0v) is 9.32. The zero-order chi connectivity index (χ0) is 9.40. The molecule has 0 bridgehead atoms. The smallest absolute Gasteiger partial charge is 0.388 e. The van der Waals surface area contributed by atoms with E-state index < -0.39 is 9.28 Å². The molecule has 1 unspecified atom stereocenters. The topological polar surface area (TPSA) is 18.5 Å². The van der Waals surface area contributed by atoms with E-state index in [0.717, 1.165) is 12.8 Å². The Bertz CT molecular complexity index is 138. The van der Waals surface area contributed by atoms with Crippen LogP contribution in [0.1, 0.15) is 33.6 Å². The van der Waals surface area contributed by atoms with Gasteiger partial charge in [0.25, 0.3) is 0 Å². The van der Waals surface area contributed by atoms with E-state index in [-0.39, 0.29) is 6.10 Å². The van der Waals surface area contributed by atoms with E-state index in [1.54, 1.807) is 0 Å². The molecule has 0 aliphatic heterocycles. The predicted molar refractivity (Wildman–Crippen MR) is 53.1 cm³/mol. The molecule has 0 saturated carbocycles. The van der Waals surface area contributed by atoms with Crippen LogP contribution in [-0.4, -0.2) is 22.0 Å². The third-order valence-corrected chi connectivity index (χ3v) is 3.22. The molecule has 0 N–H and O–H groups in total. The van der Waals surface area contributed by atoms with Crippen molar-refractivity contribution < 1.29 is 8.85 Å². The van der Waals surface area contributed by atoms with Crippen molar-refractivity contribution in [2.75, 3.05) is 6.61 Å². The highest BCUT2D eigenvalue weighted by Gasteiger charge is 2.13. The molecule has 0 radical (unpaired) electrons. The second kappa shape index (κ2) is 7.35. The third kappa shape index (κ3) is 4.55. The lowest BCUT2D eigenvalue weighted by Crippen LogP contribution is -2.27. The van der Waals surface area contributed by atoms with E-state index >= 15 is 0 Å². The molecular weight excluding hydrogens is 168 g/mol. The summed E-state index contributed by atoms with van der Waals surface area (Å²) in [6.45, 7) is 6.79. The van der Waals surface area contributed by atoms with Gasteiger partial charge >= 0.3 is 9.28 Å². The van der Waals surface area contributed by atoms with Crippen LogP contribution < -0.4 is 0 Å². The van der Waals surface area contributed by atoms with Crippen LogP contribution in [0, 0.1) is 12.0 Å². The van der Waals surface area contributed by atoms with Gasteiger partial charge in [-0.05, 0) is 19.8 Å². The summed E-state index contributed by atoms with van der Waals surface area (Å²) in [6, 6.07) is 0. The number of hydrogen-bond acceptors (Lipinski definition) is 2. The third-order valence-electron chi connectivity index (χ3n) is 1.68. The first-order chi connectivity index (χ1) is 5.78. The van der Waals surface area contributed by atoms with Gasteiger partial charge in [-0.3, -0.25) is 0 Å². The molecule has 0 saturated heterocycles. The summed E-state index contributed by atoms with van der Waals surface area (Å²) < 4.78 is 10.9. The first kappa shape index (κ1) is 11.7. The molecule has 12 heavy (non-hydrogen) atoms. The summed E-state index contributed by atoms with van der Waals surface area (Å²) in [5.41, 5.74) is 2.60. The lowest BCUT2D eigenvalue weighted by Gasteiger charge is -2.17. The zero-order valence-electron chi connectivity index (χ0n) is 8.17. The Labute approximate surface area is 77.1 Å². The number of rotatable bonds is 6. The molecule has 2 nitrogen and oxygen atoms in total. The van der Waals surface area contributed by atoms with E-state index in [1.807, 2.05) is 6.92 Å². The largest absolute Gasteiger partial charge is 0.407 e. The van der Waals surface area contributed by atoms with Crippen LogP contribution in [0.15, 0.2) is 0 Å². The van der Waals surface area contributed by atoms with Crippen molar-refractivity contribution in [2.24, 2.45) is 0 Å². The van der Waals surface area contributed by atoms with Crippen LogP contribution >= 0.6 is 0 Å².